The lowest BCUT2D eigenvalue weighted by Gasteiger charge is -2.11. The molecular formula is C25H19FN4O7. The molecule has 188 valence electrons. The molecule has 0 unspecified atom stereocenters. The number of carbonyl (C=O) groups excluding carboxylic acids is 2. The van der Waals surface area contributed by atoms with Gasteiger partial charge >= 0.3 is 5.91 Å². The van der Waals surface area contributed by atoms with Gasteiger partial charge in [-0.3, -0.25) is 19.7 Å². The zero-order chi connectivity index (χ0) is 26.4. The maximum absolute atomic E-state index is 13.0. The van der Waals surface area contributed by atoms with Gasteiger partial charge in [-0.2, -0.15) is 5.10 Å². The maximum Gasteiger partial charge on any atom is 0.307 e. The summed E-state index contributed by atoms with van der Waals surface area (Å²) in [5.41, 5.74) is 3.51. The first kappa shape index (κ1) is 24.9. The number of hydrazone groups is 1. The van der Waals surface area contributed by atoms with E-state index in [1.807, 2.05) is 0 Å². The predicted molar refractivity (Wildman–Crippen MR) is 131 cm³/mol. The van der Waals surface area contributed by atoms with Gasteiger partial charge in [0.05, 0.1) is 18.2 Å². The highest BCUT2D eigenvalue weighted by Gasteiger charge is 2.15. The minimum Gasteiger partial charge on any atom is -0.493 e. The second kappa shape index (κ2) is 11.0. The summed E-state index contributed by atoms with van der Waals surface area (Å²) >= 11 is 0. The zero-order valence-electron chi connectivity index (χ0n) is 19.3. The van der Waals surface area contributed by atoms with Gasteiger partial charge in [-0.05, 0) is 60.2 Å². The summed E-state index contributed by atoms with van der Waals surface area (Å²) in [7, 11) is 1.43. The van der Waals surface area contributed by atoms with Gasteiger partial charge in [-0.1, -0.05) is 0 Å². The molecule has 0 fully saturated rings. The molecule has 0 saturated heterocycles. The number of nitrogens with zero attached hydrogens (tertiary/aromatic N) is 2. The van der Waals surface area contributed by atoms with Gasteiger partial charge in [-0.25, -0.2) is 9.82 Å². The van der Waals surface area contributed by atoms with Crippen LogP contribution in [0.2, 0.25) is 0 Å². The van der Waals surface area contributed by atoms with Crippen molar-refractivity contribution in [3.8, 4) is 11.5 Å². The number of ether oxygens (including phenoxy) is 2. The number of carbonyl (C=O) groups is 2. The van der Waals surface area contributed by atoms with E-state index in [0.29, 0.717) is 33.7 Å². The molecule has 3 aromatic carbocycles. The molecule has 0 aliphatic heterocycles. The van der Waals surface area contributed by atoms with Gasteiger partial charge in [0, 0.05) is 23.2 Å². The zero-order valence-corrected chi connectivity index (χ0v) is 19.3. The van der Waals surface area contributed by atoms with Crippen LogP contribution in [-0.2, 0) is 4.79 Å². The van der Waals surface area contributed by atoms with Crippen molar-refractivity contribution < 1.29 is 32.8 Å². The SMILES string of the molecule is COc1cc(/C=N\NC(=O)c2cc3cc([N+](=O)[O-])ccc3o2)ccc1OCC(=O)Nc1ccc(F)cc1. The molecule has 0 radical (unpaired) electrons. The van der Waals surface area contributed by atoms with Gasteiger partial charge in [0.2, 0.25) is 0 Å². The number of methoxy groups -OCH3 is 1. The Bertz CT molecular complexity index is 1500. The van der Waals surface area contributed by atoms with Crippen molar-refractivity contribution in [2.75, 3.05) is 19.0 Å². The van der Waals surface area contributed by atoms with Crippen LogP contribution in [0.4, 0.5) is 15.8 Å². The van der Waals surface area contributed by atoms with E-state index in [9.17, 15) is 24.1 Å². The highest BCUT2D eigenvalue weighted by molar-refractivity contribution is 5.97. The van der Waals surface area contributed by atoms with Crippen LogP contribution in [-0.4, -0.2) is 36.7 Å². The molecule has 1 heterocycles. The number of amides is 2. The van der Waals surface area contributed by atoms with Crippen LogP contribution in [0.25, 0.3) is 11.0 Å². The highest BCUT2D eigenvalue weighted by atomic mass is 19.1. The van der Waals surface area contributed by atoms with Crippen molar-refractivity contribution in [2.45, 2.75) is 0 Å². The van der Waals surface area contributed by atoms with Crippen molar-refractivity contribution in [2.24, 2.45) is 5.10 Å². The van der Waals surface area contributed by atoms with E-state index in [4.69, 9.17) is 13.9 Å². The molecule has 0 spiro atoms. The topological polar surface area (TPSA) is 145 Å². The molecule has 37 heavy (non-hydrogen) atoms. The average molecular weight is 506 g/mol. The third-order valence-electron chi connectivity index (χ3n) is 4.99. The Morgan fingerprint density at radius 3 is 2.59 bits per heavy atom. The van der Waals surface area contributed by atoms with Crippen molar-refractivity contribution >= 4 is 40.4 Å². The fourth-order valence-corrected chi connectivity index (χ4v) is 3.23. The minimum absolute atomic E-state index is 0.0621. The third kappa shape index (κ3) is 6.25. The number of nitrogens with one attached hydrogen (secondary N) is 2. The number of nitro groups is 1. The Labute approximate surface area is 208 Å². The summed E-state index contributed by atoms with van der Waals surface area (Å²) in [6.45, 7) is -0.308. The largest absolute Gasteiger partial charge is 0.493 e. The Kier molecular flexibility index (Phi) is 7.38. The predicted octanol–water partition coefficient (Wildman–Crippen LogP) is 4.27. The van der Waals surface area contributed by atoms with Gasteiger partial charge in [0.1, 0.15) is 11.4 Å². The normalized spacial score (nSPS) is 10.9. The summed E-state index contributed by atoms with van der Waals surface area (Å²) in [6.07, 6.45) is 1.36. The second-order valence-electron chi connectivity index (χ2n) is 7.54. The average Bonchev–Trinajstić information content (AvgIpc) is 3.33. The Hall–Kier alpha value is -5.26. The summed E-state index contributed by atoms with van der Waals surface area (Å²) in [5, 5.41) is 17.8. The van der Waals surface area contributed by atoms with Crippen molar-refractivity contribution in [1.29, 1.82) is 0 Å². The first-order chi connectivity index (χ1) is 17.8. The molecule has 4 rings (SSSR count). The number of furan rings is 1. The number of benzene rings is 3. The lowest BCUT2D eigenvalue weighted by atomic mass is 10.2. The smallest absolute Gasteiger partial charge is 0.307 e. The highest BCUT2D eigenvalue weighted by Crippen LogP contribution is 2.28. The molecule has 4 aromatic rings. The molecule has 2 N–H and O–H groups in total. The number of rotatable bonds is 9. The number of fused-ring (bicyclic) bond motifs is 1. The van der Waals surface area contributed by atoms with Crippen molar-refractivity contribution in [3.05, 3.63) is 94.0 Å². The number of nitro benzene ring substituents is 1. The van der Waals surface area contributed by atoms with Gasteiger partial charge in [0.25, 0.3) is 11.6 Å². The van der Waals surface area contributed by atoms with Crippen LogP contribution >= 0.6 is 0 Å². The number of hydrogen-bond donors (Lipinski definition) is 2. The Balaban J connectivity index is 1.34. The van der Waals surface area contributed by atoms with E-state index in [2.05, 4.69) is 15.8 Å². The molecule has 1 aromatic heterocycles. The van der Waals surface area contributed by atoms with Crippen molar-refractivity contribution in [1.82, 2.24) is 5.43 Å². The van der Waals surface area contributed by atoms with Crippen LogP contribution < -0.4 is 20.2 Å². The van der Waals surface area contributed by atoms with Crippen LogP contribution in [0.5, 0.6) is 11.5 Å². The summed E-state index contributed by atoms with van der Waals surface area (Å²) < 4.78 is 29.2. The van der Waals surface area contributed by atoms with E-state index in [-0.39, 0.29) is 18.1 Å². The molecule has 12 heteroatoms. The summed E-state index contributed by atoms with van der Waals surface area (Å²) in [5.74, 6) is -0.938. The number of hydrogen-bond acceptors (Lipinski definition) is 8. The van der Waals surface area contributed by atoms with E-state index in [1.54, 1.807) is 18.2 Å². The summed E-state index contributed by atoms with van der Waals surface area (Å²) in [6, 6.07) is 15.5. The lowest BCUT2D eigenvalue weighted by Crippen LogP contribution is -2.20. The van der Waals surface area contributed by atoms with Crippen LogP contribution in [0.15, 0.2) is 76.2 Å². The van der Waals surface area contributed by atoms with Crippen LogP contribution in [0.3, 0.4) is 0 Å². The molecule has 0 saturated carbocycles. The Morgan fingerprint density at radius 1 is 1.08 bits per heavy atom. The van der Waals surface area contributed by atoms with Gasteiger partial charge in [0.15, 0.2) is 23.9 Å². The molecule has 0 atom stereocenters. The van der Waals surface area contributed by atoms with E-state index >= 15 is 0 Å². The van der Waals surface area contributed by atoms with E-state index in [0.717, 1.165) is 0 Å². The molecular weight excluding hydrogens is 487 g/mol. The third-order valence-corrected chi connectivity index (χ3v) is 4.99. The Morgan fingerprint density at radius 2 is 1.86 bits per heavy atom. The molecule has 0 bridgehead atoms. The quantitative estimate of drug-likeness (QED) is 0.196. The number of non-ortho nitro benzene ring substituents is 1. The molecule has 2 amide bonds. The van der Waals surface area contributed by atoms with Gasteiger partial charge in [-0.15, -0.1) is 0 Å². The second-order valence-corrected chi connectivity index (χ2v) is 7.54. The number of anilines is 1. The van der Waals surface area contributed by atoms with Crippen LogP contribution in [0, 0.1) is 15.9 Å². The molecule has 11 nitrogen and oxygen atoms in total. The number of halogens is 1. The monoisotopic (exact) mass is 506 g/mol. The molecule has 0 aliphatic rings. The van der Waals surface area contributed by atoms with E-state index < -0.39 is 22.6 Å². The van der Waals surface area contributed by atoms with Crippen LogP contribution in [0.1, 0.15) is 16.1 Å². The van der Waals surface area contributed by atoms with Gasteiger partial charge < -0.3 is 19.2 Å². The standard InChI is InChI=1S/C25H19FN4O7/c1-35-22-10-15(2-8-21(22)36-14-24(31)28-18-5-3-17(26)4-6-18)13-27-29-25(32)23-12-16-11-19(30(33)34)7-9-20(16)37-23/h2-13H,14H2,1H3,(H,28,31)(H,29,32)/b27-13-. The first-order valence-electron chi connectivity index (χ1n) is 10.7. The maximum atomic E-state index is 13.0. The first-order valence-corrected chi connectivity index (χ1v) is 10.7. The van der Waals surface area contributed by atoms with Crippen molar-refractivity contribution in [3.63, 3.8) is 0 Å². The minimum atomic E-state index is -0.644. The lowest BCUT2D eigenvalue weighted by molar-refractivity contribution is -0.384. The molecule has 0 aliphatic carbocycles. The fraction of sp³-hybridized carbons (Fsp3) is 0.0800. The van der Waals surface area contributed by atoms with E-state index in [1.165, 1.54) is 61.9 Å². The summed E-state index contributed by atoms with van der Waals surface area (Å²) in [4.78, 5) is 34.8. The fourth-order valence-electron chi connectivity index (χ4n) is 3.23.